The standard InChI is InChI=1S/C23H22N4O3/c1-25(2)20-13-12-17(14-21(20)27(29)30)22-24-19-11-7-6-10-18(19)23(28)26(22)15-16-8-4-3-5-9-16/h3-14,22,24H,15H2,1-2H3/t22-/m1/s1. The molecule has 0 bridgehead atoms. The van der Waals surface area contributed by atoms with Crippen molar-refractivity contribution in [2.75, 3.05) is 24.3 Å². The highest BCUT2D eigenvalue weighted by Gasteiger charge is 2.34. The minimum Gasteiger partial charge on any atom is -0.372 e. The predicted molar refractivity (Wildman–Crippen MR) is 117 cm³/mol. The number of nitrogens with one attached hydrogen (secondary N) is 1. The first kappa shape index (κ1) is 19.4. The lowest BCUT2D eigenvalue weighted by molar-refractivity contribution is -0.384. The number of carbonyl (C=O) groups excluding carboxylic acids is 1. The molecule has 3 aromatic carbocycles. The van der Waals surface area contributed by atoms with Crippen LogP contribution in [-0.4, -0.2) is 29.8 Å². The molecule has 1 amide bonds. The smallest absolute Gasteiger partial charge is 0.292 e. The summed E-state index contributed by atoms with van der Waals surface area (Å²) in [6.45, 7) is 0.384. The number of benzene rings is 3. The minimum atomic E-state index is -0.525. The van der Waals surface area contributed by atoms with Crippen molar-refractivity contribution >= 4 is 23.0 Å². The molecule has 152 valence electrons. The van der Waals surface area contributed by atoms with E-state index < -0.39 is 6.17 Å². The number of anilines is 2. The van der Waals surface area contributed by atoms with Crippen LogP contribution in [-0.2, 0) is 6.54 Å². The zero-order chi connectivity index (χ0) is 21.3. The molecule has 0 unspecified atom stereocenters. The van der Waals surface area contributed by atoms with E-state index in [2.05, 4.69) is 5.32 Å². The summed E-state index contributed by atoms with van der Waals surface area (Å²) >= 11 is 0. The van der Waals surface area contributed by atoms with Crippen molar-refractivity contribution in [2.45, 2.75) is 12.7 Å². The van der Waals surface area contributed by atoms with E-state index in [9.17, 15) is 14.9 Å². The van der Waals surface area contributed by atoms with Crippen LogP contribution in [0.25, 0.3) is 0 Å². The van der Waals surface area contributed by atoms with Crippen LogP contribution in [0.1, 0.15) is 27.7 Å². The first-order valence-corrected chi connectivity index (χ1v) is 9.62. The molecular formula is C23H22N4O3. The molecule has 3 aromatic rings. The summed E-state index contributed by atoms with van der Waals surface area (Å²) in [4.78, 5) is 28.0. The van der Waals surface area contributed by atoms with Crippen molar-refractivity contribution in [3.63, 3.8) is 0 Å². The Morgan fingerprint density at radius 2 is 1.73 bits per heavy atom. The molecule has 1 aliphatic rings. The van der Waals surface area contributed by atoms with Crippen LogP contribution < -0.4 is 10.2 Å². The monoisotopic (exact) mass is 402 g/mol. The van der Waals surface area contributed by atoms with Crippen LogP contribution in [0.4, 0.5) is 17.1 Å². The van der Waals surface area contributed by atoms with Crippen LogP contribution in [0.15, 0.2) is 72.8 Å². The van der Waals surface area contributed by atoms with Crippen molar-refractivity contribution in [3.8, 4) is 0 Å². The number of nitro benzene ring substituents is 1. The Bertz CT molecular complexity index is 1100. The highest BCUT2D eigenvalue weighted by atomic mass is 16.6. The van der Waals surface area contributed by atoms with Gasteiger partial charge in [-0.25, -0.2) is 0 Å². The Balaban J connectivity index is 1.80. The summed E-state index contributed by atoms with van der Waals surface area (Å²) in [7, 11) is 3.53. The van der Waals surface area contributed by atoms with Gasteiger partial charge < -0.3 is 15.1 Å². The molecule has 7 heteroatoms. The number of carbonyl (C=O) groups is 1. The highest BCUT2D eigenvalue weighted by Crippen LogP contribution is 2.37. The fourth-order valence-corrected chi connectivity index (χ4v) is 3.73. The first-order valence-electron chi connectivity index (χ1n) is 9.62. The number of rotatable bonds is 5. The highest BCUT2D eigenvalue weighted by molar-refractivity contribution is 6.01. The third-order valence-electron chi connectivity index (χ3n) is 5.21. The molecule has 1 N–H and O–H groups in total. The fraction of sp³-hybridized carbons (Fsp3) is 0.174. The lowest BCUT2D eigenvalue weighted by atomic mass is 10.0. The van der Waals surface area contributed by atoms with Crippen LogP contribution in [0.3, 0.4) is 0 Å². The van der Waals surface area contributed by atoms with Gasteiger partial charge in [-0.2, -0.15) is 0 Å². The van der Waals surface area contributed by atoms with E-state index in [0.717, 1.165) is 11.3 Å². The van der Waals surface area contributed by atoms with Gasteiger partial charge in [0.2, 0.25) is 0 Å². The van der Waals surface area contributed by atoms with Crippen LogP contribution in [0.5, 0.6) is 0 Å². The molecule has 0 saturated heterocycles. The van der Waals surface area contributed by atoms with Gasteiger partial charge in [-0.05, 0) is 23.8 Å². The molecule has 0 aliphatic carbocycles. The van der Waals surface area contributed by atoms with Crippen molar-refractivity contribution in [1.29, 1.82) is 0 Å². The van der Waals surface area contributed by atoms with Crippen molar-refractivity contribution in [2.24, 2.45) is 0 Å². The van der Waals surface area contributed by atoms with Gasteiger partial charge in [0, 0.05) is 38.0 Å². The molecule has 0 spiro atoms. The summed E-state index contributed by atoms with van der Waals surface area (Å²) in [6, 6.07) is 22.1. The molecule has 4 rings (SSSR count). The number of nitro groups is 1. The largest absolute Gasteiger partial charge is 0.372 e. The van der Waals surface area contributed by atoms with Gasteiger partial charge in [0.25, 0.3) is 11.6 Å². The first-order chi connectivity index (χ1) is 14.5. The number of nitrogens with zero attached hydrogens (tertiary/aromatic N) is 3. The normalized spacial score (nSPS) is 15.3. The summed E-state index contributed by atoms with van der Waals surface area (Å²) in [5, 5.41) is 15.1. The van der Waals surface area contributed by atoms with E-state index in [-0.39, 0.29) is 16.5 Å². The summed E-state index contributed by atoms with van der Waals surface area (Å²) in [5.41, 5.74) is 3.47. The maximum atomic E-state index is 13.3. The third kappa shape index (κ3) is 3.57. The van der Waals surface area contributed by atoms with Gasteiger partial charge in [0.15, 0.2) is 0 Å². The van der Waals surface area contributed by atoms with Crippen LogP contribution in [0.2, 0.25) is 0 Å². The Morgan fingerprint density at radius 3 is 2.43 bits per heavy atom. The maximum absolute atomic E-state index is 13.3. The van der Waals surface area contributed by atoms with E-state index in [0.29, 0.717) is 23.4 Å². The van der Waals surface area contributed by atoms with Gasteiger partial charge in [-0.1, -0.05) is 48.5 Å². The second-order valence-corrected chi connectivity index (χ2v) is 7.41. The molecule has 1 heterocycles. The Kier molecular flexibility index (Phi) is 5.10. The zero-order valence-corrected chi connectivity index (χ0v) is 16.8. The van der Waals surface area contributed by atoms with Crippen LogP contribution in [0, 0.1) is 10.1 Å². The number of amides is 1. The Labute approximate surface area is 174 Å². The van der Waals surface area contributed by atoms with Gasteiger partial charge in [0.05, 0.1) is 10.5 Å². The van der Waals surface area contributed by atoms with Crippen molar-refractivity contribution in [3.05, 3.63) is 99.6 Å². The quantitative estimate of drug-likeness (QED) is 0.505. The SMILES string of the molecule is CN(C)c1ccc([C@@H]2Nc3ccccc3C(=O)N2Cc2ccccc2)cc1[N+](=O)[O-]. The number of hydrogen-bond acceptors (Lipinski definition) is 5. The fourth-order valence-electron chi connectivity index (χ4n) is 3.73. The van der Waals surface area contributed by atoms with E-state index in [1.165, 1.54) is 0 Å². The predicted octanol–water partition coefficient (Wildman–Crippen LogP) is 4.43. The topological polar surface area (TPSA) is 78.7 Å². The maximum Gasteiger partial charge on any atom is 0.292 e. The van der Waals surface area contributed by atoms with Crippen molar-refractivity contribution in [1.82, 2.24) is 4.90 Å². The number of fused-ring (bicyclic) bond motifs is 1. The number of hydrogen-bond donors (Lipinski definition) is 1. The van der Waals surface area contributed by atoms with Crippen LogP contribution >= 0.6 is 0 Å². The molecule has 0 fully saturated rings. The number of para-hydroxylation sites is 1. The second kappa shape index (κ2) is 7.87. The molecule has 0 radical (unpaired) electrons. The van der Waals surface area contributed by atoms with Gasteiger partial charge >= 0.3 is 0 Å². The van der Waals surface area contributed by atoms with Gasteiger partial charge in [-0.15, -0.1) is 0 Å². The molecule has 30 heavy (non-hydrogen) atoms. The minimum absolute atomic E-state index is 0.00488. The average molecular weight is 402 g/mol. The van der Waals surface area contributed by atoms with E-state index in [4.69, 9.17) is 0 Å². The van der Waals surface area contributed by atoms with E-state index in [1.807, 2.05) is 54.6 Å². The molecule has 1 aliphatic heterocycles. The molecule has 0 saturated carbocycles. The zero-order valence-electron chi connectivity index (χ0n) is 16.8. The third-order valence-corrected chi connectivity index (χ3v) is 5.21. The molecule has 7 nitrogen and oxygen atoms in total. The summed E-state index contributed by atoms with van der Waals surface area (Å²) in [5.74, 6) is -0.113. The Hall–Kier alpha value is -3.87. The van der Waals surface area contributed by atoms with Crippen molar-refractivity contribution < 1.29 is 9.72 Å². The van der Waals surface area contributed by atoms with E-state index in [1.54, 1.807) is 42.1 Å². The molecule has 0 aromatic heterocycles. The molecular weight excluding hydrogens is 380 g/mol. The lowest BCUT2D eigenvalue weighted by Gasteiger charge is -2.38. The Morgan fingerprint density at radius 1 is 1.03 bits per heavy atom. The van der Waals surface area contributed by atoms with Gasteiger partial charge in [-0.3, -0.25) is 14.9 Å². The molecule has 1 atom stereocenters. The summed E-state index contributed by atoms with van der Waals surface area (Å²) < 4.78 is 0. The summed E-state index contributed by atoms with van der Waals surface area (Å²) in [6.07, 6.45) is -0.525. The average Bonchev–Trinajstić information content (AvgIpc) is 2.76. The lowest BCUT2D eigenvalue weighted by Crippen LogP contribution is -2.42. The van der Waals surface area contributed by atoms with E-state index >= 15 is 0 Å². The second-order valence-electron chi connectivity index (χ2n) is 7.41. The van der Waals surface area contributed by atoms with Gasteiger partial charge in [0.1, 0.15) is 11.9 Å².